The van der Waals surface area contributed by atoms with Crippen molar-refractivity contribution >= 4 is 0 Å². The van der Waals surface area contributed by atoms with Crippen molar-refractivity contribution in [3.63, 3.8) is 0 Å². The number of benzene rings is 1. The minimum atomic E-state index is 0.556. The first-order valence-electron chi connectivity index (χ1n) is 9.39. The second-order valence-corrected chi connectivity index (χ2v) is 7.11. The quantitative estimate of drug-likeness (QED) is 0.327. The highest BCUT2D eigenvalue weighted by Gasteiger charge is 2.14. The van der Waals surface area contributed by atoms with Crippen molar-refractivity contribution in [1.29, 1.82) is 0 Å². The third kappa shape index (κ3) is 6.98. The molecule has 0 aliphatic rings. The summed E-state index contributed by atoms with van der Waals surface area (Å²) in [6.07, 6.45) is 9.54. The summed E-state index contributed by atoms with van der Waals surface area (Å²) in [6.45, 7) is 10.6. The van der Waals surface area contributed by atoms with E-state index in [9.17, 15) is 0 Å². The fraction of sp³-hybridized carbons (Fsp3) is 0.636. The van der Waals surface area contributed by atoms with E-state index in [-0.39, 0.29) is 0 Å². The number of rotatable bonds is 12. The molecule has 0 aromatic heterocycles. The molecule has 0 aliphatic heterocycles. The molecule has 0 aliphatic carbocycles. The van der Waals surface area contributed by atoms with Crippen LogP contribution < -0.4 is 9.47 Å². The van der Waals surface area contributed by atoms with Crippen LogP contribution in [0.3, 0.4) is 0 Å². The van der Waals surface area contributed by atoms with Crippen LogP contribution in [0.25, 0.3) is 0 Å². The average molecular weight is 333 g/mol. The van der Waals surface area contributed by atoms with Gasteiger partial charge in [-0.05, 0) is 61.8 Å². The molecular formula is C22H36O2. The highest BCUT2D eigenvalue weighted by molar-refractivity contribution is 5.47. The topological polar surface area (TPSA) is 18.5 Å². The van der Waals surface area contributed by atoms with Gasteiger partial charge in [0.2, 0.25) is 0 Å². The monoisotopic (exact) mass is 332 g/mol. The molecule has 1 aromatic carbocycles. The number of allylic oxidation sites excluding steroid dienone is 1. The van der Waals surface area contributed by atoms with Crippen molar-refractivity contribution in [2.75, 3.05) is 14.2 Å². The average Bonchev–Trinajstić information content (AvgIpc) is 2.54. The molecule has 1 aromatic rings. The van der Waals surface area contributed by atoms with Crippen LogP contribution in [0.4, 0.5) is 0 Å². The van der Waals surface area contributed by atoms with Crippen LogP contribution in [-0.2, 0) is 12.8 Å². The summed E-state index contributed by atoms with van der Waals surface area (Å²) >= 11 is 0. The van der Waals surface area contributed by atoms with Gasteiger partial charge in [-0.15, -0.1) is 6.58 Å². The molecule has 0 amide bonds. The summed E-state index contributed by atoms with van der Waals surface area (Å²) in [7, 11) is 3.53. The molecule has 0 fully saturated rings. The number of methoxy groups -OCH3 is 2. The maximum Gasteiger partial charge on any atom is 0.122 e. The molecule has 2 nitrogen and oxygen atoms in total. The van der Waals surface area contributed by atoms with E-state index in [1.54, 1.807) is 14.2 Å². The zero-order chi connectivity index (χ0) is 17.9. The molecule has 1 rings (SSSR count). The van der Waals surface area contributed by atoms with E-state index in [2.05, 4.69) is 39.5 Å². The van der Waals surface area contributed by atoms with Crippen LogP contribution in [0.5, 0.6) is 11.5 Å². The van der Waals surface area contributed by atoms with Crippen LogP contribution in [0, 0.1) is 5.92 Å². The minimum Gasteiger partial charge on any atom is -0.496 e. The Morgan fingerprint density at radius 3 is 2.17 bits per heavy atom. The smallest absolute Gasteiger partial charge is 0.122 e. The van der Waals surface area contributed by atoms with Crippen LogP contribution in [0.15, 0.2) is 24.3 Å². The lowest BCUT2D eigenvalue weighted by molar-refractivity contribution is 0.391. The summed E-state index contributed by atoms with van der Waals surface area (Å²) in [6, 6.07) is 4.36. The molecule has 1 unspecified atom stereocenters. The van der Waals surface area contributed by atoms with Gasteiger partial charge in [-0.3, -0.25) is 0 Å². The van der Waals surface area contributed by atoms with Crippen LogP contribution in [0.1, 0.15) is 70.4 Å². The fourth-order valence-electron chi connectivity index (χ4n) is 3.34. The third-order valence-electron chi connectivity index (χ3n) is 4.50. The van der Waals surface area contributed by atoms with Crippen molar-refractivity contribution in [2.24, 2.45) is 5.92 Å². The molecule has 0 N–H and O–H groups in total. The van der Waals surface area contributed by atoms with E-state index in [1.807, 2.05) is 0 Å². The highest BCUT2D eigenvalue weighted by atomic mass is 16.5. The maximum atomic E-state index is 5.66. The lowest BCUT2D eigenvalue weighted by Crippen LogP contribution is -2.04. The Bertz CT molecular complexity index is 505. The number of hydrogen-bond donors (Lipinski definition) is 0. The van der Waals surface area contributed by atoms with Crippen LogP contribution in [0.2, 0.25) is 0 Å². The molecule has 0 bridgehead atoms. The van der Waals surface area contributed by atoms with Crippen molar-refractivity contribution in [3.8, 4) is 11.5 Å². The molecule has 0 saturated carbocycles. The van der Waals surface area contributed by atoms with Crippen molar-refractivity contribution in [3.05, 3.63) is 35.4 Å². The number of unbranched alkanes of at least 4 members (excludes halogenated alkanes) is 4. The fourth-order valence-corrected chi connectivity index (χ4v) is 3.34. The highest BCUT2D eigenvalue weighted by Crippen LogP contribution is 2.32. The summed E-state index contributed by atoms with van der Waals surface area (Å²) in [5, 5.41) is 0. The second-order valence-electron chi connectivity index (χ2n) is 7.11. The number of aryl methyl sites for hydroxylation is 1. The van der Waals surface area contributed by atoms with Gasteiger partial charge in [0.15, 0.2) is 0 Å². The zero-order valence-corrected chi connectivity index (χ0v) is 16.4. The van der Waals surface area contributed by atoms with Crippen molar-refractivity contribution < 1.29 is 9.47 Å². The van der Waals surface area contributed by atoms with Gasteiger partial charge in [0.05, 0.1) is 14.2 Å². The molecule has 0 spiro atoms. The summed E-state index contributed by atoms with van der Waals surface area (Å²) < 4.78 is 11.3. The second kappa shape index (κ2) is 11.2. The van der Waals surface area contributed by atoms with E-state index in [4.69, 9.17) is 9.47 Å². The normalized spacial score (nSPS) is 12.0. The summed E-state index contributed by atoms with van der Waals surface area (Å²) in [4.78, 5) is 0. The summed E-state index contributed by atoms with van der Waals surface area (Å²) in [5.41, 5.74) is 3.73. The molecular weight excluding hydrogens is 296 g/mol. The molecule has 0 heterocycles. The van der Waals surface area contributed by atoms with Gasteiger partial charge in [0, 0.05) is 0 Å². The third-order valence-corrected chi connectivity index (χ3v) is 4.50. The Morgan fingerprint density at radius 1 is 1.00 bits per heavy atom. The molecule has 1 atom stereocenters. The summed E-state index contributed by atoms with van der Waals surface area (Å²) in [5.74, 6) is 2.55. The molecule has 136 valence electrons. The van der Waals surface area contributed by atoms with E-state index in [0.717, 1.165) is 30.8 Å². The Labute approximate surface area is 149 Å². The van der Waals surface area contributed by atoms with Gasteiger partial charge in [0.1, 0.15) is 11.5 Å². The lowest BCUT2D eigenvalue weighted by Gasteiger charge is -2.18. The number of ether oxygens (including phenoxy) is 2. The van der Waals surface area contributed by atoms with E-state index in [0.29, 0.717) is 5.92 Å². The van der Waals surface area contributed by atoms with E-state index < -0.39 is 0 Å². The predicted molar refractivity (Wildman–Crippen MR) is 104 cm³/mol. The van der Waals surface area contributed by atoms with E-state index >= 15 is 0 Å². The SMILES string of the molecule is C=C(C)CC(C)Cc1cc(OC)c(CCCCCCC)cc1OC. The first kappa shape index (κ1) is 20.6. The standard InChI is InChI=1S/C22H36O2/c1-7-8-9-10-11-12-19-15-22(24-6)20(16-21(19)23-5)14-18(4)13-17(2)3/h15-16,18H,2,7-14H2,1,3-6H3. The van der Waals surface area contributed by atoms with Gasteiger partial charge >= 0.3 is 0 Å². The molecule has 0 radical (unpaired) electrons. The van der Waals surface area contributed by atoms with Gasteiger partial charge in [-0.25, -0.2) is 0 Å². The largest absolute Gasteiger partial charge is 0.496 e. The minimum absolute atomic E-state index is 0.556. The van der Waals surface area contributed by atoms with Crippen molar-refractivity contribution in [2.45, 2.75) is 72.1 Å². The lowest BCUT2D eigenvalue weighted by atomic mass is 9.93. The Morgan fingerprint density at radius 2 is 1.58 bits per heavy atom. The molecule has 2 heteroatoms. The first-order valence-corrected chi connectivity index (χ1v) is 9.39. The van der Waals surface area contributed by atoms with Gasteiger partial charge in [0.25, 0.3) is 0 Å². The van der Waals surface area contributed by atoms with Gasteiger partial charge in [-0.1, -0.05) is 45.1 Å². The number of hydrogen-bond acceptors (Lipinski definition) is 2. The molecule has 24 heavy (non-hydrogen) atoms. The van der Waals surface area contributed by atoms with Crippen LogP contribution in [-0.4, -0.2) is 14.2 Å². The predicted octanol–water partition coefficient (Wildman–Crippen LogP) is 6.36. The van der Waals surface area contributed by atoms with Crippen LogP contribution >= 0.6 is 0 Å². The molecule has 0 saturated heterocycles. The zero-order valence-electron chi connectivity index (χ0n) is 16.4. The van der Waals surface area contributed by atoms with Gasteiger partial charge in [-0.2, -0.15) is 0 Å². The Balaban J connectivity index is 2.82. The first-order chi connectivity index (χ1) is 11.5. The maximum absolute atomic E-state index is 5.66. The van der Waals surface area contributed by atoms with Crippen molar-refractivity contribution in [1.82, 2.24) is 0 Å². The Hall–Kier alpha value is -1.44. The van der Waals surface area contributed by atoms with Gasteiger partial charge < -0.3 is 9.47 Å². The van der Waals surface area contributed by atoms with E-state index in [1.165, 1.54) is 48.8 Å². The Kier molecular flexibility index (Phi) is 9.59.